The molecular weight excluding hydrogens is 292 g/mol. The summed E-state index contributed by atoms with van der Waals surface area (Å²) < 4.78 is 28.0. The van der Waals surface area contributed by atoms with E-state index in [-0.39, 0.29) is 17.4 Å². The maximum Gasteiger partial charge on any atom is 0.260 e. The molecule has 1 aliphatic rings. The zero-order chi connectivity index (χ0) is 15.5. The number of nitrogens with zero attached hydrogens (tertiary/aromatic N) is 1. The van der Waals surface area contributed by atoms with Gasteiger partial charge in [0.15, 0.2) is 6.61 Å². The van der Waals surface area contributed by atoms with Gasteiger partial charge in [0.05, 0.1) is 4.90 Å². The van der Waals surface area contributed by atoms with E-state index in [2.05, 4.69) is 0 Å². The zero-order valence-electron chi connectivity index (χ0n) is 12.0. The van der Waals surface area contributed by atoms with Gasteiger partial charge in [-0.1, -0.05) is 0 Å². The highest BCUT2D eigenvalue weighted by molar-refractivity contribution is 7.89. The van der Waals surface area contributed by atoms with Crippen LogP contribution in [0.5, 0.6) is 5.75 Å². The molecule has 1 heterocycles. The molecule has 1 aliphatic heterocycles. The summed E-state index contributed by atoms with van der Waals surface area (Å²) in [6, 6.07) is 4.34. The molecule has 0 radical (unpaired) electrons. The van der Waals surface area contributed by atoms with E-state index >= 15 is 0 Å². The fourth-order valence-corrected chi connectivity index (χ4v) is 2.93. The lowest BCUT2D eigenvalue weighted by Crippen LogP contribution is -2.38. The van der Waals surface area contributed by atoms with Crippen molar-refractivity contribution < 1.29 is 17.9 Å². The average molecular weight is 312 g/mol. The third kappa shape index (κ3) is 4.18. The van der Waals surface area contributed by atoms with Crippen molar-refractivity contribution in [1.82, 2.24) is 4.90 Å². The number of hydrogen-bond donors (Lipinski definition) is 1. The molecular formula is C14H20N2O4S. The number of amides is 1. The van der Waals surface area contributed by atoms with E-state index in [1.165, 1.54) is 24.6 Å². The van der Waals surface area contributed by atoms with Crippen molar-refractivity contribution in [3.63, 3.8) is 0 Å². The number of aryl methyl sites for hydroxylation is 1. The Kier molecular flexibility index (Phi) is 4.84. The quantitative estimate of drug-likeness (QED) is 0.899. The molecule has 7 heteroatoms. The molecule has 1 aromatic rings. The van der Waals surface area contributed by atoms with Crippen molar-refractivity contribution in [3.05, 3.63) is 23.8 Å². The Bertz CT molecular complexity index is 622. The zero-order valence-corrected chi connectivity index (χ0v) is 12.9. The number of sulfonamides is 1. The van der Waals surface area contributed by atoms with Gasteiger partial charge in [0.25, 0.3) is 5.91 Å². The lowest BCUT2D eigenvalue weighted by atomic mass is 10.1. The Balaban J connectivity index is 1.98. The molecule has 0 aromatic heterocycles. The average Bonchev–Trinajstić information content (AvgIpc) is 2.45. The molecule has 21 heavy (non-hydrogen) atoms. The summed E-state index contributed by atoms with van der Waals surface area (Å²) in [5.41, 5.74) is 0.632. The van der Waals surface area contributed by atoms with Crippen molar-refractivity contribution in [1.29, 1.82) is 0 Å². The molecule has 116 valence electrons. The van der Waals surface area contributed by atoms with Crippen molar-refractivity contribution in [2.45, 2.75) is 31.1 Å². The lowest BCUT2D eigenvalue weighted by molar-refractivity contribution is -0.134. The molecule has 0 bridgehead atoms. The van der Waals surface area contributed by atoms with Crippen molar-refractivity contribution in [2.75, 3.05) is 19.7 Å². The molecule has 1 saturated heterocycles. The van der Waals surface area contributed by atoms with Crippen LogP contribution in [0, 0.1) is 6.92 Å². The Morgan fingerprint density at radius 2 is 1.95 bits per heavy atom. The van der Waals surface area contributed by atoms with Crippen LogP contribution >= 0.6 is 0 Å². The standard InChI is InChI=1S/C14H20N2O4S/c1-11-9-12(21(15,18)19)5-6-13(11)20-10-14(17)16-7-3-2-4-8-16/h5-6,9H,2-4,7-8,10H2,1H3,(H2,15,18,19). The molecule has 0 spiro atoms. The van der Waals surface area contributed by atoms with Gasteiger partial charge in [-0.3, -0.25) is 4.79 Å². The number of piperidine rings is 1. The Morgan fingerprint density at radius 1 is 1.29 bits per heavy atom. The van der Waals surface area contributed by atoms with E-state index < -0.39 is 10.0 Å². The molecule has 0 saturated carbocycles. The maximum absolute atomic E-state index is 12.0. The van der Waals surface area contributed by atoms with Crippen LogP contribution in [0.1, 0.15) is 24.8 Å². The van der Waals surface area contributed by atoms with Gasteiger partial charge in [0, 0.05) is 13.1 Å². The van der Waals surface area contributed by atoms with E-state index in [1.807, 2.05) is 0 Å². The molecule has 6 nitrogen and oxygen atoms in total. The highest BCUT2D eigenvalue weighted by Crippen LogP contribution is 2.21. The minimum absolute atomic E-state index is 0.0322. The van der Waals surface area contributed by atoms with E-state index in [0.717, 1.165) is 25.9 Å². The number of carbonyl (C=O) groups excluding carboxylic acids is 1. The number of likely N-dealkylation sites (tertiary alicyclic amines) is 1. The molecule has 1 fully saturated rings. The van der Waals surface area contributed by atoms with Crippen LogP contribution in [-0.2, 0) is 14.8 Å². The van der Waals surface area contributed by atoms with Gasteiger partial charge in [0.2, 0.25) is 10.0 Å². The van der Waals surface area contributed by atoms with Gasteiger partial charge in [-0.25, -0.2) is 13.6 Å². The van der Waals surface area contributed by atoms with Gasteiger partial charge in [0.1, 0.15) is 5.75 Å². The van der Waals surface area contributed by atoms with Gasteiger partial charge in [-0.2, -0.15) is 0 Å². The molecule has 2 rings (SSSR count). The second-order valence-corrected chi connectivity index (χ2v) is 6.76. The number of carbonyl (C=O) groups is 1. The van der Waals surface area contributed by atoms with Crippen molar-refractivity contribution >= 4 is 15.9 Å². The van der Waals surface area contributed by atoms with Crippen molar-refractivity contribution in [3.8, 4) is 5.75 Å². The van der Waals surface area contributed by atoms with Gasteiger partial charge >= 0.3 is 0 Å². The highest BCUT2D eigenvalue weighted by atomic mass is 32.2. The molecule has 0 unspecified atom stereocenters. The number of primary sulfonamides is 1. The third-order valence-electron chi connectivity index (χ3n) is 3.53. The lowest BCUT2D eigenvalue weighted by Gasteiger charge is -2.26. The first-order valence-corrected chi connectivity index (χ1v) is 8.46. The fourth-order valence-electron chi connectivity index (χ4n) is 2.33. The second-order valence-electron chi connectivity index (χ2n) is 5.20. The predicted molar refractivity (Wildman–Crippen MR) is 78.5 cm³/mol. The van der Waals surface area contributed by atoms with Crippen LogP contribution in [-0.4, -0.2) is 38.9 Å². The Hall–Kier alpha value is -1.60. The minimum atomic E-state index is -3.72. The Morgan fingerprint density at radius 3 is 2.52 bits per heavy atom. The summed E-state index contributed by atoms with van der Waals surface area (Å²) in [4.78, 5) is 13.8. The summed E-state index contributed by atoms with van der Waals surface area (Å²) in [5.74, 6) is 0.456. The normalized spacial score (nSPS) is 15.8. The SMILES string of the molecule is Cc1cc(S(N)(=O)=O)ccc1OCC(=O)N1CCCCC1. The second kappa shape index (κ2) is 6.44. The monoisotopic (exact) mass is 312 g/mol. The number of nitrogens with two attached hydrogens (primary N) is 1. The molecule has 1 aromatic carbocycles. The molecule has 1 amide bonds. The fraction of sp³-hybridized carbons (Fsp3) is 0.500. The smallest absolute Gasteiger partial charge is 0.260 e. The maximum atomic E-state index is 12.0. The summed E-state index contributed by atoms with van der Waals surface area (Å²) in [7, 11) is -3.72. The first-order chi connectivity index (χ1) is 9.88. The van der Waals surface area contributed by atoms with E-state index in [9.17, 15) is 13.2 Å². The van der Waals surface area contributed by atoms with Crippen LogP contribution in [0.4, 0.5) is 0 Å². The first-order valence-electron chi connectivity index (χ1n) is 6.92. The third-order valence-corrected chi connectivity index (χ3v) is 4.45. The van der Waals surface area contributed by atoms with Crippen LogP contribution in [0.25, 0.3) is 0 Å². The number of ether oxygens (including phenoxy) is 1. The number of rotatable bonds is 4. The van der Waals surface area contributed by atoms with E-state index in [1.54, 1.807) is 11.8 Å². The Labute approximate surface area is 124 Å². The van der Waals surface area contributed by atoms with Crippen molar-refractivity contribution in [2.24, 2.45) is 5.14 Å². The highest BCUT2D eigenvalue weighted by Gasteiger charge is 2.17. The summed E-state index contributed by atoms with van der Waals surface area (Å²) in [6.45, 7) is 3.25. The molecule has 0 atom stereocenters. The number of benzene rings is 1. The summed E-state index contributed by atoms with van der Waals surface area (Å²) in [6.07, 6.45) is 3.24. The largest absolute Gasteiger partial charge is 0.483 e. The van der Waals surface area contributed by atoms with Gasteiger partial charge in [-0.15, -0.1) is 0 Å². The van der Waals surface area contributed by atoms with Gasteiger partial charge < -0.3 is 9.64 Å². The first kappa shape index (κ1) is 15.8. The van der Waals surface area contributed by atoms with Crippen LogP contribution in [0.15, 0.2) is 23.1 Å². The molecule has 0 aliphatic carbocycles. The topological polar surface area (TPSA) is 89.7 Å². The van der Waals surface area contributed by atoms with E-state index in [4.69, 9.17) is 9.88 Å². The van der Waals surface area contributed by atoms with E-state index in [0.29, 0.717) is 11.3 Å². The van der Waals surface area contributed by atoms with Crippen LogP contribution in [0.3, 0.4) is 0 Å². The summed E-state index contributed by atoms with van der Waals surface area (Å²) >= 11 is 0. The van der Waals surface area contributed by atoms with Crippen LogP contribution < -0.4 is 9.88 Å². The number of hydrogen-bond acceptors (Lipinski definition) is 4. The minimum Gasteiger partial charge on any atom is -0.483 e. The summed E-state index contributed by atoms with van der Waals surface area (Å²) in [5, 5.41) is 5.07. The molecule has 2 N–H and O–H groups in total. The predicted octanol–water partition coefficient (Wildman–Crippen LogP) is 1.03. The van der Waals surface area contributed by atoms with Gasteiger partial charge in [-0.05, 0) is 49.9 Å². The van der Waals surface area contributed by atoms with Crippen LogP contribution in [0.2, 0.25) is 0 Å².